The van der Waals surface area contributed by atoms with Gasteiger partial charge in [0.1, 0.15) is 12.3 Å². The van der Waals surface area contributed by atoms with Gasteiger partial charge in [0.05, 0.1) is 12.7 Å². The van der Waals surface area contributed by atoms with Crippen LogP contribution in [0.25, 0.3) is 0 Å². The van der Waals surface area contributed by atoms with Crippen molar-refractivity contribution in [1.82, 2.24) is 5.32 Å². The molecular weight excluding hydrogens is 200 g/mol. The van der Waals surface area contributed by atoms with Crippen molar-refractivity contribution >= 4 is 5.91 Å². The third-order valence-electron chi connectivity index (χ3n) is 2.28. The van der Waals surface area contributed by atoms with Crippen LogP contribution in [0, 0.1) is 0 Å². The molecular formula is C9H16N2O4. The molecule has 86 valence electrons. The SMILES string of the molecule is C/C(=C/N[C@H]1CC(O)[C@@H](CO)O1)C(N)=O. The summed E-state index contributed by atoms with van der Waals surface area (Å²) in [7, 11) is 0. The molecule has 1 aliphatic heterocycles. The highest BCUT2D eigenvalue weighted by molar-refractivity contribution is 5.91. The zero-order valence-electron chi connectivity index (χ0n) is 8.51. The Hall–Kier alpha value is -1.11. The zero-order chi connectivity index (χ0) is 11.4. The number of carbonyl (C=O) groups is 1. The second kappa shape index (κ2) is 5.11. The molecule has 15 heavy (non-hydrogen) atoms. The smallest absolute Gasteiger partial charge is 0.245 e. The van der Waals surface area contributed by atoms with Gasteiger partial charge >= 0.3 is 0 Å². The molecule has 1 saturated heterocycles. The molecule has 6 heteroatoms. The number of rotatable bonds is 4. The summed E-state index contributed by atoms with van der Waals surface area (Å²) in [4.78, 5) is 10.7. The molecule has 1 rings (SSSR count). The summed E-state index contributed by atoms with van der Waals surface area (Å²) in [5.41, 5.74) is 5.40. The van der Waals surface area contributed by atoms with E-state index in [1.54, 1.807) is 6.92 Å². The Bertz CT molecular complexity index is 267. The van der Waals surface area contributed by atoms with E-state index in [4.69, 9.17) is 15.6 Å². The van der Waals surface area contributed by atoms with Crippen molar-refractivity contribution in [3.8, 4) is 0 Å². The number of nitrogens with one attached hydrogen (secondary N) is 1. The summed E-state index contributed by atoms with van der Waals surface area (Å²) in [5.74, 6) is -0.514. The van der Waals surface area contributed by atoms with Crippen LogP contribution in [0.1, 0.15) is 13.3 Å². The van der Waals surface area contributed by atoms with E-state index in [1.807, 2.05) is 0 Å². The van der Waals surface area contributed by atoms with Gasteiger partial charge in [0, 0.05) is 18.2 Å². The first-order chi connectivity index (χ1) is 7.04. The number of ether oxygens (including phenoxy) is 1. The summed E-state index contributed by atoms with van der Waals surface area (Å²) in [6, 6.07) is 0. The minimum Gasteiger partial charge on any atom is -0.394 e. The third kappa shape index (κ3) is 3.19. The average molecular weight is 216 g/mol. The van der Waals surface area contributed by atoms with Crippen LogP contribution in [-0.4, -0.2) is 41.2 Å². The van der Waals surface area contributed by atoms with Crippen LogP contribution in [0.4, 0.5) is 0 Å². The van der Waals surface area contributed by atoms with Crippen LogP contribution in [0.2, 0.25) is 0 Å². The van der Waals surface area contributed by atoms with Crippen molar-refractivity contribution in [2.24, 2.45) is 5.73 Å². The van der Waals surface area contributed by atoms with Gasteiger partial charge in [0.25, 0.3) is 0 Å². The Labute approximate surface area is 87.7 Å². The van der Waals surface area contributed by atoms with Gasteiger partial charge in [-0.2, -0.15) is 0 Å². The normalized spacial score (nSPS) is 31.7. The van der Waals surface area contributed by atoms with Crippen molar-refractivity contribution in [2.45, 2.75) is 31.8 Å². The van der Waals surface area contributed by atoms with Crippen molar-refractivity contribution in [1.29, 1.82) is 0 Å². The molecule has 0 aromatic rings. The van der Waals surface area contributed by atoms with Gasteiger partial charge in [0.15, 0.2) is 0 Å². The minimum absolute atomic E-state index is 0.224. The highest BCUT2D eigenvalue weighted by atomic mass is 16.5. The lowest BCUT2D eigenvalue weighted by molar-refractivity contribution is -0.114. The number of hydrogen-bond acceptors (Lipinski definition) is 5. The Morgan fingerprint density at radius 1 is 1.73 bits per heavy atom. The zero-order valence-corrected chi connectivity index (χ0v) is 8.51. The lowest BCUT2D eigenvalue weighted by atomic mass is 10.2. The fourth-order valence-corrected chi connectivity index (χ4v) is 1.29. The lowest BCUT2D eigenvalue weighted by Crippen LogP contribution is -2.27. The molecule has 0 radical (unpaired) electrons. The third-order valence-corrected chi connectivity index (χ3v) is 2.28. The van der Waals surface area contributed by atoms with Crippen molar-refractivity contribution in [3.63, 3.8) is 0 Å². The van der Waals surface area contributed by atoms with E-state index in [1.165, 1.54) is 6.20 Å². The first-order valence-electron chi connectivity index (χ1n) is 4.71. The number of nitrogens with two attached hydrogens (primary N) is 1. The van der Waals surface area contributed by atoms with Crippen molar-refractivity contribution in [3.05, 3.63) is 11.8 Å². The quantitative estimate of drug-likeness (QED) is 0.425. The molecule has 6 nitrogen and oxygen atoms in total. The molecule has 3 atom stereocenters. The largest absolute Gasteiger partial charge is 0.394 e. The maximum Gasteiger partial charge on any atom is 0.245 e. The molecule has 0 aliphatic carbocycles. The van der Waals surface area contributed by atoms with Gasteiger partial charge in [0.2, 0.25) is 5.91 Å². The average Bonchev–Trinajstić information content (AvgIpc) is 2.55. The summed E-state index contributed by atoms with van der Waals surface area (Å²) in [6.07, 6.45) is 0.166. The number of aliphatic hydroxyl groups excluding tert-OH is 2. The number of carbonyl (C=O) groups excluding carboxylic acids is 1. The van der Waals surface area contributed by atoms with E-state index in [9.17, 15) is 9.90 Å². The molecule has 1 unspecified atom stereocenters. The predicted octanol–water partition coefficient (Wildman–Crippen LogP) is -1.57. The van der Waals surface area contributed by atoms with Gasteiger partial charge in [-0.1, -0.05) is 0 Å². The predicted molar refractivity (Wildman–Crippen MR) is 52.5 cm³/mol. The summed E-state index contributed by atoms with van der Waals surface area (Å²) < 4.78 is 5.25. The number of primary amides is 1. The topological polar surface area (TPSA) is 105 Å². The van der Waals surface area contributed by atoms with Crippen LogP contribution >= 0.6 is 0 Å². The Kier molecular flexibility index (Phi) is 4.07. The highest BCUT2D eigenvalue weighted by Crippen LogP contribution is 2.18. The fourth-order valence-electron chi connectivity index (χ4n) is 1.29. The van der Waals surface area contributed by atoms with Gasteiger partial charge in [-0.25, -0.2) is 0 Å². The number of amides is 1. The van der Waals surface area contributed by atoms with E-state index < -0.39 is 24.3 Å². The van der Waals surface area contributed by atoms with Crippen LogP contribution in [-0.2, 0) is 9.53 Å². The monoisotopic (exact) mass is 216 g/mol. The first-order valence-corrected chi connectivity index (χ1v) is 4.71. The maximum atomic E-state index is 10.7. The molecule has 1 aliphatic rings. The molecule has 5 N–H and O–H groups in total. The molecule has 1 amide bonds. The van der Waals surface area contributed by atoms with Crippen LogP contribution < -0.4 is 11.1 Å². The summed E-state index contributed by atoms with van der Waals surface area (Å²) in [5, 5.41) is 21.0. The molecule has 1 heterocycles. The van der Waals surface area contributed by atoms with Crippen molar-refractivity contribution < 1.29 is 19.7 Å². The van der Waals surface area contributed by atoms with Crippen LogP contribution in [0.3, 0.4) is 0 Å². The number of aliphatic hydroxyl groups is 2. The second-order valence-corrected chi connectivity index (χ2v) is 3.51. The number of hydrogen-bond donors (Lipinski definition) is 4. The van der Waals surface area contributed by atoms with E-state index in [2.05, 4.69) is 5.32 Å². The standard InChI is InChI=1S/C9H16N2O4/c1-5(9(10)14)3-11-8-2-6(13)7(4-12)15-8/h3,6-8,11-13H,2,4H2,1H3,(H2,10,14)/b5-3-/t6?,7-,8-/m1/s1. The van der Waals surface area contributed by atoms with E-state index >= 15 is 0 Å². The summed E-state index contributed by atoms with van der Waals surface area (Å²) in [6.45, 7) is 1.35. The highest BCUT2D eigenvalue weighted by Gasteiger charge is 2.32. The second-order valence-electron chi connectivity index (χ2n) is 3.51. The van der Waals surface area contributed by atoms with Crippen LogP contribution in [0.5, 0.6) is 0 Å². The lowest BCUT2D eigenvalue weighted by Gasteiger charge is -2.12. The van der Waals surface area contributed by atoms with E-state index in [-0.39, 0.29) is 6.61 Å². The van der Waals surface area contributed by atoms with Gasteiger partial charge < -0.3 is 26.0 Å². The Morgan fingerprint density at radius 3 is 2.87 bits per heavy atom. The summed E-state index contributed by atoms with van der Waals surface area (Å²) >= 11 is 0. The van der Waals surface area contributed by atoms with Crippen molar-refractivity contribution in [2.75, 3.05) is 6.61 Å². The first kappa shape index (κ1) is 12.0. The van der Waals surface area contributed by atoms with Gasteiger partial charge in [-0.05, 0) is 6.92 Å². The fraction of sp³-hybridized carbons (Fsp3) is 0.667. The minimum atomic E-state index is -0.685. The maximum absolute atomic E-state index is 10.7. The van der Waals surface area contributed by atoms with Gasteiger partial charge in [-0.3, -0.25) is 4.79 Å². The molecule has 1 fully saturated rings. The van der Waals surface area contributed by atoms with Gasteiger partial charge in [-0.15, -0.1) is 0 Å². The molecule has 0 spiro atoms. The van der Waals surface area contributed by atoms with E-state index in [0.717, 1.165) is 0 Å². The Morgan fingerprint density at radius 2 is 2.40 bits per heavy atom. The Balaban J connectivity index is 2.42. The molecule has 0 bridgehead atoms. The molecule has 0 aromatic heterocycles. The van der Waals surface area contributed by atoms with Crippen LogP contribution in [0.15, 0.2) is 11.8 Å². The molecule has 0 saturated carbocycles. The van der Waals surface area contributed by atoms with E-state index in [0.29, 0.717) is 12.0 Å². The molecule has 0 aromatic carbocycles.